The maximum Gasteiger partial charge on any atom is 0.130 e. The molecule has 32 heavy (non-hydrogen) atoms. The third kappa shape index (κ3) is 5.45. The number of aryl methyl sites for hydroxylation is 4. The number of nitrogens with zero attached hydrogens (tertiary/aromatic N) is 1. The van der Waals surface area contributed by atoms with E-state index >= 15 is 0 Å². The Kier molecular flexibility index (Phi) is 8.20. The van der Waals surface area contributed by atoms with Crippen molar-refractivity contribution < 1.29 is 9.47 Å². The van der Waals surface area contributed by atoms with Gasteiger partial charge in [0.2, 0.25) is 0 Å². The van der Waals surface area contributed by atoms with Crippen LogP contribution < -0.4 is 9.47 Å². The van der Waals surface area contributed by atoms with Gasteiger partial charge in [0.15, 0.2) is 0 Å². The fourth-order valence-electron chi connectivity index (χ4n) is 3.97. The van der Waals surface area contributed by atoms with Crippen molar-refractivity contribution in [2.75, 3.05) is 0 Å². The molecule has 170 valence electrons. The average Bonchev–Trinajstić information content (AvgIpc) is 2.78. The van der Waals surface area contributed by atoms with E-state index in [1.165, 1.54) is 16.7 Å². The van der Waals surface area contributed by atoms with E-state index < -0.39 is 0 Å². The predicted octanol–water partition coefficient (Wildman–Crippen LogP) is 7.76. The van der Waals surface area contributed by atoms with Crippen molar-refractivity contribution in [2.45, 2.75) is 73.5 Å². The van der Waals surface area contributed by atoms with E-state index in [1.807, 2.05) is 39.0 Å². The molecule has 0 aliphatic heterocycles. The lowest BCUT2D eigenvalue weighted by Crippen LogP contribution is -2.11. The van der Waals surface area contributed by atoms with Gasteiger partial charge in [-0.05, 0) is 74.9 Å². The summed E-state index contributed by atoms with van der Waals surface area (Å²) >= 11 is 6.26. The number of halogens is 1. The van der Waals surface area contributed by atoms with E-state index in [4.69, 9.17) is 26.1 Å². The number of hydrogen-bond donors (Lipinski definition) is 0. The third-order valence-electron chi connectivity index (χ3n) is 5.69. The first-order valence-corrected chi connectivity index (χ1v) is 11.9. The molecule has 0 aliphatic rings. The molecule has 2 aromatic carbocycles. The summed E-state index contributed by atoms with van der Waals surface area (Å²) < 4.78 is 12.4. The van der Waals surface area contributed by atoms with Gasteiger partial charge in [-0.15, -0.1) is 0 Å². The van der Waals surface area contributed by atoms with Crippen LogP contribution in [-0.2, 0) is 25.9 Å². The first-order valence-electron chi connectivity index (χ1n) is 11.6. The summed E-state index contributed by atoms with van der Waals surface area (Å²) in [6, 6.07) is 14.4. The quantitative estimate of drug-likeness (QED) is 0.333. The molecular formula is C28H34ClNO2. The molecule has 3 rings (SSSR count). The molecule has 0 N–H and O–H groups in total. The monoisotopic (exact) mass is 451 g/mol. The highest BCUT2D eigenvalue weighted by Gasteiger charge is 2.18. The predicted molar refractivity (Wildman–Crippen MR) is 134 cm³/mol. The van der Waals surface area contributed by atoms with Crippen LogP contribution in [0.1, 0.15) is 62.6 Å². The largest absolute Gasteiger partial charge is 0.490 e. The fourth-order valence-corrected chi connectivity index (χ4v) is 4.22. The van der Waals surface area contributed by atoms with Gasteiger partial charge >= 0.3 is 0 Å². The summed E-state index contributed by atoms with van der Waals surface area (Å²) in [5, 5.41) is 0.771. The Morgan fingerprint density at radius 3 is 2.16 bits per heavy atom. The molecule has 1 aromatic heterocycles. The SMILES string of the molecule is CCc1cc(OCc2c(OC(C)C)cc(-c3c(CC)cccc3CC)nc2C)ccc1Cl. The van der Waals surface area contributed by atoms with Crippen molar-refractivity contribution in [3.05, 3.63) is 75.4 Å². The zero-order chi connectivity index (χ0) is 23.3. The Morgan fingerprint density at radius 2 is 1.56 bits per heavy atom. The van der Waals surface area contributed by atoms with Gasteiger partial charge in [0.25, 0.3) is 0 Å². The van der Waals surface area contributed by atoms with Crippen LogP contribution in [0.5, 0.6) is 11.5 Å². The van der Waals surface area contributed by atoms with Crippen molar-refractivity contribution in [3.63, 3.8) is 0 Å². The van der Waals surface area contributed by atoms with Crippen LogP contribution in [0.25, 0.3) is 11.3 Å². The van der Waals surface area contributed by atoms with Crippen LogP contribution in [0.15, 0.2) is 42.5 Å². The lowest BCUT2D eigenvalue weighted by Gasteiger charge is -2.20. The van der Waals surface area contributed by atoms with Crippen molar-refractivity contribution in [1.82, 2.24) is 4.98 Å². The Hall–Kier alpha value is -2.52. The lowest BCUT2D eigenvalue weighted by molar-refractivity contribution is 0.229. The van der Waals surface area contributed by atoms with E-state index in [2.05, 4.69) is 45.0 Å². The Bertz CT molecular complexity index is 1050. The first-order chi connectivity index (χ1) is 15.4. The second kappa shape index (κ2) is 10.9. The maximum atomic E-state index is 6.26. The minimum absolute atomic E-state index is 0.0534. The van der Waals surface area contributed by atoms with Crippen LogP contribution in [0.2, 0.25) is 5.02 Å². The zero-order valence-electron chi connectivity index (χ0n) is 20.1. The molecule has 3 aromatic rings. The maximum absolute atomic E-state index is 6.26. The summed E-state index contributed by atoms with van der Waals surface area (Å²) in [5.41, 5.74) is 7.80. The molecule has 0 saturated heterocycles. The summed E-state index contributed by atoms with van der Waals surface area (Å²) in [5.74, 6) is 1.63. The molecule has 0 spiro atoms. The Balaban J connectivity index is 2.02. The molecule has 0 atom stereocenters. The molecule has 0 unspecified atom stereocenters. The molecule has 1 heterocycles. The minimum Gasteiger partial charge on any atom is -0.490 e. The first kappa shape index (κ1) is 24.1. The minimum atomic E-state index is 0.0534. The van der Waals surface area contributed by atoms with Crippen molar-refractivity contribution in [1.29, 1.82) is 0 Å². The molecule has 4 heteroatoms. The summed E-state index contributed by atoms with van der Waals surface area (Å²) in [6.07, 6.45) is 2.85. The molecule has 0 fully saturated rings. The standard InChI is InChI=1S/C28H34ClNO2/c1-7-20-11-10-12-21(8-2)28(20)26-16-27(32-18(4)5)24(19(6)30-26)17-31-23-13-14-25(29)22(9-3)15-23/h10-16,18H,7-9,17H2,1-6H3. The number of rotatable bonds is 9. The van der Waals surface area contributed by atoms with Crippen molar-refractivity contribution in [2.24, 2.45) is 0 Å². The van der Waals surface area contributed by atoms with Crippen molar-refractivity contribution >= 4 is 11.6 Å². The fraction of sp³-hybridized carbons (Fsp3) is 0.393. The summed E-state index contributed by atoms with van der Waals surface area (Å²) in [6.45, 7) is 13.0. The van der Waals surface area contributed by atoms with Crippen LogP contribution in [0, 0.1) is 6.92 Å². The number of ether oxygens (including phenoxy) is 2. The summed E-state index contributed by atoms with van der Waals surface area (Å²) in [7, 11) is 0. The van der Waals surface area contributed by atoms with Crippen LogP contribution >= 0.6 is 11.6 Å². The highest BCUT2D eigenvalue weighted by Crippen LogP contribution is 2.34. The van der Waals surface area contributed by atoms with Gasteiger partial charge in [0.1, 0.15) is 18.1 Å². The summed E-state index contributed by atoms with van der Waals surface area (Å²) in [4.78, 5) is 5.01. The number of aromatic nitrogens is 1. The van der Waals surface area contributed by atoms with E-state index in [0.29, 0.717) is 6.61 Å². The van der Waals surface area contributed by atoms with E-state index in [0.717, 1.165) is 58.3 Å². The Morgan fingerprint density at radius 1 is 0.906 bits per heavy atom. The van der Waals surface area contributed by atoms with Gasteiger partial charge in [-0.3, -0.25) is 4.98 Å². The van der Waals surface area contributed by atoms with E-state index in [9.17, 15) is 0 Å². The van der Waals surface area contributed by atoms with E-state index in [-0.39, 0.29) is 6.10 Å². The van der Waals surface area contributed by atoms with Gasteiger partial charge in [-0.2, -0.15) is 0 Å². The van der Waals surface area contributed by atoms with Gasteiger partial charge in [-0.1, -0.05) is 50.6 Å². The second-order valence-corrected chi connectivity index (χ2v) is 8.70. The topological polar surface area (TPSA) is 31.4 Å². The molecule has 0 amide bonds. The molecule has 0 radical (unpaired) electrons. The molecule has 0 saturated carbocycles. The highest BCUT2D eigenvalue weighted by molar-refractivity contribution is 6.31. The molecular weight excluding hydrogens is 418 g/mol. The van der Waals surface area contributed by atoms with Gasteiger partial charge < -0.3 is 9.47 Å². The van der Waals surface area contributed by atoms with Crippen LogP contribution in [0.4, 0.5) is 0 Å². The number of pyridine rings is 1. The number of hydrogen-bond acceptors (Lipinski definition) is 3. The number of benzene rings is 2. The second-order valence-electron chi connectivity index (χ2n) is 8.29. The zero-order valence-corrected chi connectivity index (χ0v) is 20.8. The van der Waals surface area contributed by atoms with Gasteiger partial charge in [-0.25, -0.2) is 0 Å². The van der Waals surface area contributed by atoms with E-state index in [1.54, 1.807) is 0 Å². The average molecular weight is 452 g/mol. The van der Waals surface area contributed by atoms with Crippen LogP contribution in [-0.4, -0.2) is 11.1 Å². The van der Waals surface area contributed by atoms with Gasteiger partial charge in [0, 0.05) is 22.3 Å². The molecule has 0 bridgehead atoms. The highest BCUT2D eigenvalue weighted by atomic mass is 35.5. The van der Waals surface area contributed by atoms with Crippen LogP contribution in [0.3, 0.4) is 0 Å². The van der Waals surface area contributed by atoms with Crippen molar-refractivity contribution in [3.8, 4) is 22.8 Å². The third-order valence-corrected chi connectivity index (χ3v) is 6.06. The lowest BCUT2D eigenvalue weighted by atomic mass is 9.94. The normalized spacial score (nSPS) is 11.1. The smallest absolute Gasteiger partial charge is 0.130 e. The molecule has 0 aliphatic carbocycles. The Labute approximate surface area is 197 Å². The molecule has 3 nitrogen and oxygen atoms in total. The van der Waals surface area contributed by atoms with Gasteiger partial charge in [0.05, 0.1) is 17.4 Å².